The van der Waals surface area contributed by atoms with Gasteiger partial charge in [0.15, 0.2) is 5.65 Å². The number of H-pyrrole nitrogens is 1. The molecule has 0 aliphatic heterocycles. The fourth-order valence-corrected chi connectivity index (χ4v) is 5.78. The van der Waals surface area contributed by atoms with Gasteiger partial charge in [-0.3, -0.25) is 4.40 Å². The van der Waals surface area contributed by atoms with Crippen molar-refractivity contribution in [1.82, 2.24) is 24.1 Å². The second kappa shape index (κ2) is 5.28. The summed E-state index contributed by atoms with van der Waals surface area (Å²) in [5.74, 6) is 1.61. The molecule has 0 saturated heterocycles. The average Bonchev–Trinajstić information content (AvgIpc) is 3.03. The Morgan fingerprint density at radius 3 is 2.84 bits per heavy atom. The standard InChI is InChI=1S/C17H21N5O2S/c1-10-6-11(21-25(23,24)13-2-3-13)7-14(10)17-20-9-12-8-19-16-15(22(12)17)4-5-18-16/h4-5,8-11,13-14,18,21H,2-3,6-7H2,1H3/t10-,11+,14+/m0/s1. The third-order valence-corrected chi connectivity index (χ3v) is 7.61. The molecule has 0 spiro atoms. The highest BCUT2D eigenvalue weighted by molar-refractivity contribution is 7.90. The summed E-state index contributed by atoms with van der Waals surface area (Å²) in [5.41, 5.74) is 2.82. The lowest BCUT2D eigenvalue weighted by atomic mass is 9.97. The summed E-state index contributed by atoms with van der Waals surface area (Å²) in [6.07, 6.45) is 8.79. The second-order valence-corrected chi connectivity index (χ2v) is 9.45. The van der Waals surface area contributed by atoms with Crippen molar-refractivity contribution in [3.05, 3.63) is 30.5 Å². The molecule has 0 aromatic carbocycles. The van der Waals surface area contributed by atoms with Crippen molar-refractivity contribution in [2.24, 2.45) is 5.92 Å². The molecule has 2 fully saturated rings. The summed E-state index contributed by atoms with van der Waals surface area (Å²) in [6, 6.07) is 2.01. The number of nitrogens with one attached hydrogen (secondary N) is 2. The van der Waals surface area contributed by atoms with Crippen LogP contribution < -0.4 is 4.72 Å². The Morgan fingerprint density at radius 1 is 1.24 bits per heavy atom. The fourth-order valence-electron chi connectivity index (χ4n) is 4.17. The third-order valence-electron chi connectivity index (χ3n) is 5.59. The highest BCUT2D eigenvalue weighted by atomic mass is 32.2. The van der Waals surface area contributed by atoms with Gasteiger partial charge in [0, 0.05) is 18.2 Å². The van der Waals surface area contributed by atoms with Crippen LogP contribution in [0.25, 0.3) is 16.7 Å². The molecule has 3 heterocycles. The Balaban J connectivity index is 1.49. The minimum absolute atomic E-state index is 0.00139. The van der Waals surface area contributed by atoms with E-state index in [1.54, 1.807) is 0 Å². The van der Waals surface area contributed by atoms with Crippen molar-refractivity contribution in [3.63, 3.8) is 0 Å². The predicted molar refractivity (Wildman–Crippen MR) is 94.8 cm³/mol. The van der Waals surface area contributed by atoms with E-state index in [0.29, 0.717) is 5.92 Å². The van der Waals surface area contributed by atoms with Crippen LogP contribution in [0.1, 0.15) is 44.3 Å². The van der Waals surface area contributed by atoms with Crippen molar-refractivity contribution in [2.75, 3.05) is 0 Å². The van der Waals surface area contributed by atoms with Crippen LogP contribution in [0.2, 0.25) is 0 Å². The van der Waals surface area contributed by atoms with Crippen LogP contribution in [0, 0.1) is 5.92 Å². The molecular weight excluding hydrogens is 338 g/mol. The zero-order valence-electron chi connectivity index (χ0n) is 14.0. The van der Waals surface area contributed by atoms with E-state index in [1.807, 2.05) is 24.7 Å². The van der Waals surface area contributed by atoms with Crippen LogP contribution >= 0.6 is 0 Å². The number of aromatic nitrogens is 4. The zero-order chi connectivity index (χ0) is 17.2. The molecule has 0 radical (unpaired) electrons. The highest BCUT2D eigenvalue weighted by Gasteiger charge is 2.41. The van der Waals surface area contributed by atoms with Crippen LogP contribution in [0.15, 0.2) is 24.7 Å². The number of hydrogen-bond donors (Lipinski definition) is 2. The number of hydrogen-bond acceptors (Lipinski definition) is 4. The first-order chi connectivity index (χ1) is 12.0. The van der Waals surface area contributed by atoms with Crippen LogP contribution in [0.4, 0.5) is 0 Å². The molecule has 2 N–H and O–H groups in total. The van der Waals surface area contributed by atoms with E-state index < -0.39 is 10.0 Å². The van der Waals surface area contributed by atoms with Crippen molar-refractivity contribution in [2.45, 2.75) is 49.8 Å². The van der Waals surface area contributed by atoms with Crippen LogP contribution in [0.3, 0.4) is 0 Å². The van der Waals surface area contributed by atoms with Gasteiger partial charge < -0.3 is 4.98 Å². The van der Waals surface area contributed by atoms with E-state index in [1.165, 1.54) is 0 Å². The number of rotatable bonds is 4. The van der Waals surface area contributed by atoms with Gasteiger partial charge in [-0.25, -0.2) is 23.1 Å². The quantitative estimate of drug-likeness (QED) is 0.747. The van der Waals surface area contributed by atoms with Gasteiger partial charge in [0.05, 0.1) is 28.7 Å². The van der Waals surface area contributed by atoms with Gasteiger partial charge in [-0.2, -0.15) is 0 Å². The van der Waals surface area contributed by atoms with E-state index in [0.717, 1.165) is 48.2 Å². The topological polar surface area (TPSA) is 92.2 Å². The van der Waals surface area contributed by atoms with Crippen molar-refractivity contribution in [1.29, 1.82) is 0 Å². The van der Waals surface area contributed by atoms with Gasteiger partial charge in [0.25, 0.3) is 0 Å². The largest absolute Gasteiger partial charge is 0.345 e. The fraction of sp³-hybridized carbons (Fsp3) is 0.529. The third kappa shape index (κ3) is 2.46. The molecule has 7 nitrogen and oxygen atoms in total. The first kappa shape index (κ1) is 15.3. The van der Waals surface area contributed by atoms with E-state index in [-0.39, 0.29) is 17.2 Å². The summed E-state index contributed by atoms with van der Waals surface area (Å²) < 4.78 is 29.6. The van der Waals surface area contributed by atoms with Crippen LogP contribution in [-0.4, -0.2) is 39.1 Å². The van der Waals surface area contributed by atoms with Gasteiger partial charge in [-0.1, -0.05) is 6.92 Å². The van der Waals surface area contributed by atoms with Gasteiger partial charge in [-0.05, 0) is 37.7 Å². The van der Waals surface area contributed by atoms with Gasteiger partial charge in [0.2, 0.25) is 10.0 Å². The maximum atomic E-state index is 12.3. The Hall–Kier alpha value is -1.93. The second-order valence-electron chi connectivity index (χ2n) is 7.46. The van der Waals surface area contributed by atoms with Crippen LogP contribution in [0.5, 0.6) is 0 Å². The number of nitrogens with zero attached hydrogens (tertiary/aromatic N) is 3. The Bertz CT molecular complexity index is 1050. The molecule has 0 unspecified atom stereocenters. The monoisotopic (exact) mass is 359 g/mol. The highest BCUT2D eigenvalue weighted by Crippen LogP contribution is 2.40. The average molecular weight is 359 g/mol. The van der Waals surface area contributed by atoms with Crippen molar-refractivity contribution < 1.29 is 8.42 Å². The maximum absolute atomic E-state index is 12.3. The Labute approximate surface area is 145 Å². The Morgan fingerprint density at radius 2 is 2.04 bits per heavy atom. The molecule has 0 amide bonds. The number of fused-ring (bicyclic) bond motifs is 3. The van der Waals surface area contributed by atoms with Crippen molar-refractivity contribution >= 4 is 26.7 Å². The minimum Gasteiger partial charge on any atom is -0.345 e. The SMILES string of the molecule is C[C@H]1C[C@@H](NS(=O)(=O)C2CC2)C[C@H]1c1ncc2cnc3[nH]ccc3n12. The van der Waals surface area contributed by atoms with Crippen LogP contribution in [-0.2, 0) is 10.0 Å². The summed E-state index contributed by atoms with van der Waals surface area (Å²) in [4.78, 5) is 12.2. The lowest BCUT2D eigenvalue weighted by Gasteiger charge is -2.14. The zero-order valence-corrected chi connectivity index (χ0v) is 14.8. The van der Waals surface area contributed by atoms with Gasteiger partial charge in [-0.15, -0.1) is 0 Å². The predicted octanol–water partition coefficient (Wildman–Crippen LogP) is 2.17. The molecule has 3 aromatic heterocycles. The molecular formula is C17H21N5O2S. The molecule has 5 rings (SSSR count). The molecule has 2 aliphatic rings. The molecule has 132 valence electrons. The Kier molecular flexibility index (Phi) is 3.24. The molecule has 3 aromatic rings. The van der Waals surface area contributed by atoms with Crippen molar-refractivity contribution in [3.8, 4) is 0 Å². The number of sulfonamides is 1. The summed E-state index contributed by atoms with van der Waals surface area (Å²) >= 11 is 0. The summed E-state index contributed by atoms with van der Waals surface area (Å²) in [7, 11) is -3.15. The first-order valence-corrected chi connectivity index (χ1v) is 10.4. The number of imidazole rings is 1. The van der Waals surface area contributed by atoms with E-state index in [2.05, 4.69) is 31.0 Å². The molecule has 0 bridgehead atoms. The first-order valence-electron chi connectivity index (χ1n) is 8.83. The molecule has 8 heteroatoms. The normalized spacial score (nSPS) is 27.5. The van der Waals surface area contributed by atoms with Gasteiger partial charge >= 0.3 is 0 Å². The maximum Gasteiger partial charge on any atom is 0.214 e. The molecule has 3 atom stereocenters. The number of aromatic amines is 1. The smallest absolute Gasteiger partial charge is 0.214 e. The lowest BCUT2D eigenvalue weighted by Crippen LogP contribution is -2.35. The summed E-state index contributed by atoms with van der Waals surface area (Å²) in [6.45, 7) is 2.19. The lowest BCUT2D eigenvalue weighted by molar-refractivity contribution is 0.508. The molecule has 25 heavy (non-hydrogen) atoms. The molecule has 2 aliphatic carbocycles. The van der Waals surface area contributed by atoms with E-state index >= 15 is 0 Å². The summed E-state index contributed by atoms with van der Waals surface area (Å²) in [5, 5.41) is -0.167. The van der Waals surface area contributed by atoms with E-state index in [9.17, 15) is 8.42 Å². The van der Waals surface area contributed by atoms with Gasteiger partial charge in [0.1, 0.15) is 5.82 Å². The van der Waals surface area contributed by atoms with E-state index in [4.69, 9.17) is 0 Å². The minimum atomic E-state index is -3.15. The molecule has 2 saturated carbocycles.